The zero-order valence-corrected chi connectivity index (χ0v) is 17.3. The van der Waals surface area contributed by atoms with Crippen molar-refractivity contribution in [2.24, 2.45) is 5.10 Å². The SMILES string of the molecule is Nc1nonc1-n1nnc(C(=O)N/N=C\c2cccnc2)c1CSc1ccc(Cl)cc1. The topological polar surface area (TPSA) is 150 Å². The Morgan fingerprint density at radius 3 is 2.84 bits per heavy atom. The number of carbonyl (C=O) groups excluding carboxylic acids is 1. The molecule has 1 aromatic carbocycles. The number of aromatic nitrogens is 6. The summed E-state index contributed by atoms with van der Waals surface area (Å²) in [6.07, 6.45) is 4.72. The lowest BCUT2D eigenvalue weighted by molar-refractivity contribution is 0.0949. The van der Waals surface area contributed by atoms with E-state index in [4.69, 9.17) is 17.3 Å². The first-order valence-corrected chi connectivity index (χ1v) is 10.1. The molecule has 0 saturated heterocycles. The first kappa shape index (κ1) is 20.5. The molecule has 3 N–H and O–H groups in total. The molecule has 31 heavy (non-hydrogen) atoms. The third-order valence-corrected chi connectivity index (χ3v) is 5.20. The normalized spacial score (nSPS) is 11.1. The van der Waals surface area contributed by atoms with Gasteiger partial charge in [-0.2, -0.15) is 9.78 Å². The van der Waals surface area contributed by atoms with Crippen LogP contribution >= 0.6 is 23.4 Å². The van der Waals surface area contributed by atoms with Crippen molar-refractivity contribution in [1.29, 1.82) is 0 Å². The number of nitrogen functional groups attached to an aromatic ring is 1. The van der Waals surface area contributed by atoms with Crippen LogP contribution in [0, 0.1) is 0 Å². The highest BCUT2D eigenvalue weighted by Gasteiger charge is 2.24. The third kappa shape index (κ3) is 4.87. The number of carbonyl (C=O) groups is 1. The number of hydrazone groups is 1. The van der Waals surface area contributed by atoms with Gasteiger partial charge in [-0.3, -0.25) is 9.78 Å². The van der Waals surface area contributed by atoms with E-state index in [-0.39, 0.29) is 17.3 Å². The number of nitrogens with one attached hydrogen (secondary N) is 1. The number of hydrogen-bond donors (Lipinski definition) is 2. The Labute approximate surface area is 184 Å². The van der Waals surface area contributed by atoms with Crippen LogP contribution in [-0.2, 0) is 5.75 Å². The number of anilines is 1. The van der Waals surface area contributed by atoms with Crippen molar-refractivity contribution in [2.45, 2.75) is 10.6 Å². The number of amides is 1. The van der Waals surface area contributed by atoms with Gasteiger partial charge >= 0.3 is 0 Å². The molecule has 4 rings (SSSR count). The van der Waals surface area contributed by atoms with E-state index in [1.54, 1.807) is 36.7 Å². The Balaban J connectivity index is 1.58. The summed E-state index contributed by atoms with van der Waals surface area (Å²) in [5.74, 6) is -0.0647. The van der Waals surface area contributed by atoms with Gasteiger partial charge in [-0.1, -0.05) is 22.9 Å². The number of pyridine rings is 1. The van der Waals surface area contributed by atoms with Gasteiger partial charge in [-0.05, 0) is 40.6 Å². The molecule has 0 radical (unpaired) electrons. The number of hydrogen-bond acceptors (Lipinski definition) is 10. The maximum atomic E-state index is 12.7. The predicted molar refractivity (Wildman–Crippen MR) is 114 cm³/mol. The Hall–Kier alpha value is -3.77. The van der Waals surface area contributed by atoms with Crippen LogP contribution in [0.15, 0.2) is 63.4 Å². The lowest BCUT2D eigenvalue weighted by Gasteiger charge is -2.06. The van der Waals surface area contributed by atoms with E-state index >= 15 is 0 Å². The van der Waals surface area contributed by atoms with Gasteiger partial charge in [-0.25, -0.2) is 10.1 Å². The van der Waals surface area contributed by atoms with Crippen LogP contribution in [0.4, 0.5) is 5.82 Å². The second kappa shape index (κ2) is 9.36. The summed E-state index contributed by atoms with van der Waals surface area (Å²) in [4.78, 5) is 17.6. The Bertz CT molecular complexity index is 1210. The highest BCUT2D eigenvalue weighted by Crippen LogP contribution is 2.27. The molecule has 0 bridgehead atoms. The van der Waals surface area contributed by atoms with Crippen molar-refractivity contribution in [1.82, 2.24) is 35.7 Å². The van der Waals surface area contributed by atoms with Gasteiger partial charge in [0.05, 0.1) is 11.9 Å². The molecule has 156 valence electrons. The Kier molecular flexibility index (Phi) is 6.19. The van der Waals surface area contributed by atoms with Crippen LogP contribution in [0.5, 0.6) is 0 Å². The summed E-state index contributed by atoms with van der Waals surface area (Å²) in [5, 5.41) is 19.8. The van der Waals surface area contributed by atoms with Crippen molar-refractivity contribution >= 4 is 41.3 Å². The largest absolute Gasteiger partial charge is 0.378 e. The maximum Gasteiger partial charge on any atom is 0.293 e. The maximum absolute atomic E-state index is 12.7. The molecular formula is C18H14ClN9O2S. The standard InChI is InChI=1S/C18H14ClN9O2S/c19-12-3-5-13(6-4-12)31-10-14-15(23-27-28(14)17-16(20)25-30-26-17)18(29)24-22-9-11-2-1-7-21-8-11/h1-9H,10H2,(H2,20,25)(H,24,29)/b22-9-. The Morgan fingerprint density at radius 2 is 2.13 bits per heavy atom. The molecule has 1 amide bonds. The molecule has 0 aliphatic rings. The van der Waals surface area contributed by atoms with E-state index in [1.807, 2.05) is 12.1 Å². The third-order valence-electron chi connectivity index (χ3n) is 3.93. The smallest absolute Gasteiger partial charge is 0.293 e. The molecule has 0 fully saturated rings. The van der Waals surface area contributed by atoms with Crippen LogP contribution in [0.3, 0.4) is 0 Å². The minimum absolute atomic E-state index is 0.0178. The number of thioether (sulfide) groups is 1. The van der Waals surface area contributed by atoms with E-state index in [2.05, 4.69) is 40.8 Å². The highest BCUT2D eigenvalue weighted by atomic mass is 35.5. The monoisotopic (exact) mass is 455 g/mol. The molecule has 3 heterocycles. The first-order valence-electron chi connectivity index (χ1n) is 8.76. The molecule has 13 heteroatoms. The van der Waals surface area contributed by atoms with Crippen LogP contribution in [0.1, 0.15) is 21.7 Å². The van der Waals surface area contributed by atoms with E-state index in [9.17, 15) is 4.79 Å². The second-order valence-corrected chi connectivity index (χ2v) is 7.48. The van der Waals surface area contributed by atoms with E-state index < -0.39 is 5.91 Å². The van der Waals surface area contributed by atoms with E-state index in [0.29, 0.717) is 16.5 Å². The molecule has 0 aliphatic carbocycles. The second-order valence-electron chi connectivity index (χ2n) is 6.00. The fraction of sp³-hybridized carbons (Fsp3) is 0.0556. The van der Waals surface area contributed by atoms with E-state index in [0.717, 1.165) is 10.5 Å². The van der Waals surface area contributed by atoms with Gasteiger partial charge in [0, 0.05) is 33.6 Å². The average Bonchev–Trinajstić information content (AvgIpc) is 3.39. The van der Waals surface area contributed by atoms with Gasteiger partial charge in [0.2, 0.25) is 11.6 Å². The van der Waals surface area contributed by atoms with Crippen LogP contribution in [0.2, 0.25) is 5.02 Å². The molecule has 0 aliphatic heterocycles. The van der Waals surface area contributed by atoms with Gasteiger partial charge < -0.3 is 5.73 Å². The number of nitrogens with zero attached hydrogens (tertiary/aromatic N) is 7. The van der Waals surface area contributed by atoms with Crippen molar-refractivity contribution in [2.75, 3.05) is 5.73 Å². The van der Waals surface area contributed by atoms with Crippen molar-refractivity contribution in [3.8, 4) is 5.82 Å². The zero-order valence-electron chi connectivity index (χ0n) is 15.7. The summed E-state index contributed by atoms with van der Waals surface area (Å²) in [6.45, 7) is 0. The fourth-order valence-corrected chi connectivity index (χ4v) is 3.49. The Morgan fingerprint density at radius 1 is 1.29 bits per heavy atom. The quantitative estimate of drug-likeness (QED) is 0.243. The van der Waals surface area contributed by atoms with Gasteiger partial charge in [0.1, 0.15) is 0 Å². The van der Waals surface area contributed by atoms with Crippen LogP contribution in [0.25, 0.3) is 5.82 Å². The minimum atomic E-state index is -0.548. The van der Waals surface area contributed by atoms with Gasteiger partial charge in [0.25, 0.3) is 5.91 Å². The van der Waals surface area contributed by atoms with Crippen molar-refractivity contribution < 1.29 is 9.42 Å². The summed E-state index contributed by atoms with van der Waals surface area (Å²) in [5.41, 5.74) is 9.46. The number of benzene rings is 1. The molecule has 3 aromatic heterocycles. The molecule has 0 atom stereocenters. The number of nitrogens with two attached hydrogens (primary N) is 1. The zero-order chi connectivity index (χ0) is 21.6. The molecule has 0 spiro atoms. The predicted octanol–water partition coefficient (Wildman–Crippen LogP) is 2.34. The molecule has 0 saturated carbocycles. The molecule has 0 unspecified atom stereocenters. The minimum Gasteiger partial charge on any atom is -0.378 e. The van der Waals surface area contributed by atoms with Crippen LogP contribution in [-0.4, -0.2) is 42.4 Å². The molecular weight excluding hydrogens is 442 g/mol. The van der Waals surface area contributed by atoms with E-state index in [1.165, 1.54) is 22.7 Å². The molecule has 11 nitrogen and oxygen atoms in total. The highest BCUT2D eigenvalue weighted by molar-refractivity contribution is 7.98. The summed E-state index contributed by atoms with van der Waals surface area (Å²) < 4.78 is 5.96. The van der Waals surface area contributed by atoms with Gasteiger partial charge in [-0.15, -0.1) is 16.9 Å². The summed E-state index contributed by atoms with van der Waals surface area (Å²) in [6, 6.07) is 10.8. The first-order chi connectivity index (χ1) is 15.1. The lowest BCUT2D eigenvalue weighted by atomic mass is 10.3. The average molecular weight is 456 g/mol. The number of halogens is 1. The fourth-order valence-electron chi connectivity index (χ4n) is 2.47. The van der Waals surface area contributed by atoms with Crippen molar-refractivity contribution in [3.05, 3.63) is 70.8 Å². The molecule has 4 aromatic rings. The summed E-state index contributed by atoms with van der Waals surface area (Å²) in [7, 11) is 0. The van der Waals surface area contributed by atoms with Crippen LogP contribution < -0.4 is 11.2 Å². The lowest BCUT2D eigenvalue weighted by Crippen LogP contribution is -2.20. The van der Waals surface area contributed by atoms with Crippen molar-refractivity contribution in [3.63, 3.8) is 0 Å². The van der Waals surface area contributed by atoms with Gasteiger partial charge in [0.15, 0.2) is 5.69 Å². The summed E-state index contributed by atoms with van der Waals surface area (Å²) >= 11 is 7.39. The number of rotatable bonds is 7.